The fraction of sp³-hybridized carbons (Fsp3) is 0.611. The Morgan fingerprint density at radius 3 is 2.65 bits per heavy atom. The monoisotopic (exact) mass is 320 g/mol. The van der Waals surface area contributed by atoms with E-state index in [0.717, 1.165) is 37.5 Å². The van der Waals surface area contributed by atoms with Gasteiger partial charge in [-0.2, -0.15) is 0 Å². The molecule has 5 nitrogen and oxygen atoms in total. The topological polar surface area (TPSA) is 53.0 Å². The minimum atomic E-state index is -0.805. The first kappa shape index (κ1) is 17.6. The Morgan fingerprint density at radius 1 is 1.26 bits per heavy atom. The van der Waals surface area contributed by atoms with E-state index < -0.39 is 5.97 Å². The van der Waals surface area contributed by atoms with Crippen molar-refractivity contribution < 1.29 is 14.6 Å². The third-order valence-electron chi connectivity index (χ3n) is 4.11. The Labute approximate surface area is 138 Å². The first-order valence-electron chi connectivity index (χ1n) is 8.58. The molecule has 1 aliphatic heterocycles. The quantitative estimate of drug-likeness (QED) is 0.758. The van der Waals surface area contributed by atoms with Gasteiger partial charge in [-0.3, -0.25) is 4.79 Å². The summed E-state index contributed by atoms with van der Waals surface area (Å²) < 4.78 is 5.65. The third kappa shape index (κ3) is 5.13. The number of hydrogen-bond donors (Lipinski definition) is 1. The highest BCUT2D eigenvalue weighted by atomic mass is 16.5. The number of carboxylic acids is 1. The van der Waals surface area contributed by atoms with Crippen molar-refractivity contribution in [2.75, 3.05) is 44.2 Å². The van der Waals surface area contributed by atoms with Gasteiger partial charge in [-0.1, -0.05) is 19.9 Å². The van der Waals surface area contributed by atoms with Gasteiger partial charge in [0.15, 0.2) is 0 Å². The molecule has 0 saturated heterocycles. The molecule has 0 atom stereocenters. The van der Waals surface area contributed by atoms with E-state index in [0.29, 0.717) is 13.2 Å². The summed E-state index contributed by atoms with van der Waals surface area (Å²) in [6.45, 7) is 8.92. The SMILES string of the molecule is CCCN(CCC)CCc1ccc2c(c1)N(CC(=O)O)CCO2. The molecule has 23 heavy (non-hydrogen) atoms. The second kappa shape index (κ2) is 8.77. The molecule has 5 heteroatoms. The molecule has 128 valence electrons. The van der Waals surface area contributed by atoms with Crippen molar-refractivity contribution in [3.05, 3.63) is 23.8 Å². The number of benzene rings is 1. The van der Waals surface area contributed by atoms with Crippen LogP contribution in [-0.4, -0.2) is 55.3 Å². The summed E-state index contributed by atoms with van der Waals surface area (Å²) in [4.78, 5) is 15.4. The Kier molecular flexibility index (Phi) is 6.71. The van der Waals surface area contributed by atoms with Crippen LogP contribution >= 0.6 is 0 Å². The van der Waals surface area contributed by atoms with E-state index in [1.165, 1.54) is 18.4 Å². The van der Waals surface area contributed by atoms with E-state index >= 15 is 0 Å². The second-order valence-corrected chi connectivity index (χ2v) is 6.06. The zero-order valence-electron chi connectivity index (χ0n) is 14.3. The Hall–Kier alpha value is -1.75. The highest BCUT2D eigenvalue weighted by Crippen LogP contribution is 2.32. The molecule has 1 aromatic carbocycles. The fourth-order valence-corrected chi connectivity index (χ4v) is 3.06. The zero-order valence-corrected chi connectivity index (χ0v) is 14.3. The first-order valence-corrected chi connectivity index (χ1v) is 8.58. The van der Waals surface area contributed by atoms with Crippen molar-refractivity contribution in [1.29, 1.82) is 0 Å². The summed E-state index contributed by atoms with van der Waals surface area (Å²) in [5, 5.41) is 9.07. The number of hydrogen-bond acceptors (Lipinski definition) is 4. The summed E-state index contributed by atoms with van der Waals surface area (Å²) >= 11 is 0. The average Bonchev–Trinajstić information content (AvgIpc) is 2.53. The van der Waals surface area contributed by atoms with Crippen LogP contribution in [0.3, 0.4) is 0 Å². The normalized spacial score (nSPS) is 13.8. The van der Waals surface area contributed by atoms with Crippen LogP contribution in [0.5, 0.6) is 5.75 Å². The van der Waals surface area contributed by atoms with Gasteiger partial charge in [0, 0.05) is 6.54 Å². The van der Waals surface area contributed by atoms with Crippen molar-refractivity contribution in [1.82, 2.24) is 4.90 Å². The zero-order chi connectivity index (χ0) is 16.7. The Balaban J connectivity index is 2.05. The van der Waals surface area contributed by atoms with Crippen molar-refractivity contribution in [3.8, 4) is 5.75 Å². The summed E-state index contributed by atoms with van der Waals surface area (Å²) in [5.74, 6) is -0.0134. The molecule has 1 heterocycles. The number of aliphatic carboxylic acids is 1. The fourth-order valence-electron chi connectivity index (χ4n) is 3.06. The summed E-state index contributed by atoms with van der Waals surface area (Å²) in [6, 6.07) is 6.16. The maximum atomic E-state index is 11.0. The first-order chi connectivity index (χ1) is 11.1. The van der Waals surface area contributed by atoms with Crippen LogP contribution in [0.25, 0.3) is 0 Å². The van der Waals surface area contributed by atoms with E-state index in [1.807, 2.05) is 11.0 Å². The van der Waals surface area contributed by atoms with E-state index in [4.69, 9.17) is 9.84 Å². The van der Waals surface area contributed by atoms with Crippen molar-refractivity contribution in [2.45, 2.75) is 33.1 Å². The molecular formula is C18H28N2O3. The smallest absolute Gasteiger partial charge is 0.323 e. The summed E-state index contributed by atoms with van der Waals surface area (Å²) in [5.41, 5.74) is 2.15. The van der Waals surface area contributed by atoms with Gasteiger partial charge < -0.3 is 19.6 Å². The maximum absolute atomic E-state index is 11.0. The van der Waals surface area contributed by atoms with Gasteiger partial charge in [0.1, 0.15) is 18.9 Å². The molecule has 0 saturated carbocycles. The molecule has 0 aromatic heterocycles. The number of rotatable bonds is 9. The Morgan fingerprint density at radius 2 is 2.00 bits per heavy atom. The molecule has 0 amide bonds. The van der Waals surface area contributed by atoms with Gasteiger partial charge in [-0.05, 0) is 50.0 Å². The van der Waals surface area contributed by atoms with Gasteiger partial charge in [0.2, 0.25) is 0 Å². The van der Waals surface area contributed by atoms with E-state index in [1.54, 1.807) is 0 Å². The number of carboxylic acid groups (broad SMARTS) is 1. The van der Waals surface area contributed by atoms with Crippen LogP contribution in [0.15, 0.2) is 18.2 Å². The molecule has 0 bridgehead atoms. The van der Waals surface area contributed by atoms with E-state index in [2.05, 4.69) is 30.9 Å². The van der Waals surface area contributed by atoms with Gasteiger partial charge in [0.05, 0.1) is 12.2 Å². The lowest BCUT2D eigenvalue weighted by Gasteiger charge is -2.30. The third-order valence-corrected chi connectivity index (χ3v) is 4.11. The minimum absolute atomic E-state index is 0.0254. The van der Waals surface area contributed by atoms with E-state index in [9.17, 15) is 4.79 Å². The van der Waals surface area contributed by atoms with Gasteiger partial charge in [-0.25, -0.2) is 0 Å². The molecule has 0 spiro atoms. The lowest BCUT2D eigenvalue weighted by Crippen LogP contribution is -2.36. The van der Waals surface area contributed by atoms with Crippen LogP contribution in [0.4, 0.5) is 5.69 Å². The van der Waals surface area contributed by atoms with Crippen molar-refractivity contribution >= 4 is 11.7 Å². The van der Waals surface area contributed by atoms with Crippen LogP contribution in [0.2, 0.25) is 0 Å². The largest absolute Gasteiger partial charge is 0.490 e. The molecule has 1 aliphatic rings. The van der Waals surface area contributed by atoms with Crippen LogP contribution in [0.1, 0.15) is 32.3 Å². The molecule has 0 fully saturated rings. The highest BCUT2D eigenvalue weighted by molar-refractivity contribution is 5.75. The van der Waals surface area contributed by atoms with Crippen LogP contribution in [-0.2, 0) is 11.2 Å². The van der Waals surface area contributed by atoms with Crippen molar-refractivity contribution in [3.63, 3.8) is 0 Å². The maximum Gasteiger partial charge on any atom is 0.323 e. The summed E-state index contributed by atoms with van der Waals surface area (Å²) in [6.07, 6.45) is 3.32. The summed E-state index contributed by atoms with van der Waals surface area (Å²) in [7, 11) is 0. The molecule has 0 radical (unpaired) electrons. The lowest BCUT2D eigenvalue weighted by atomic mass is 10.1. The number of nitrogens with zero attached hydrogens (tertiary/aromatic N) is 2. The number of carbonyl (C=O) groups is 1. The highest BCUT2D eigenvalue weighted by Gasteiger charge is 2.20. The molecule has 1 N–H and O–H groups in total. The van der Waals surface area contributed by atoms with Gasteiger partial charge in [-0.15, -0.1) is 0 Å². The number of fused-ring (bicyclic) bond motifs is 1. The Bertz CT molecular complexity index is 513. The predicted molar refractivity (Wildman–Crippen MR) is 92.5 cm³/mol. The lowest BCUT2D eigenvalue weighted by molar-refractivity contribution is -0.135. The van der Waals surface area contributed by atoms with Gasteiger partial charge in [0.25, 0.3) is 0 Å². The standard InChI is InChI=1S/C18H28N2O3/c1-3-8-19(9-4-2)10-7-15-5-6-17-16(13-15)20(11-12-23-17)14-18(21)22/h5-6,13H,3-4,7-12,14H2,1-2H3,(H,21,22). The minimum Gasteiger partial charge on any atom is -0.490 e. The second-order valence-electron chi connectivity index (χ2n) is 6.06. The molecular weight excluding hydrogens is 292 g/mol. The molecule has 1 aromatic rings. The molecule has 0 unspecified atom stereocenters. The number of ether oxygens (including phenoxy) is 1. The van der Waals surface area contributed by atoms with E-state index in [-0.39, 0.29) is 6.54 Å². The van der Waals surface area contributed by atoms with Crippen LogP contribution in [0, 0.1) is 0 Å². The average molecular weight is 320 g/mol. The van der Waals surface area contributed by atoms with Crippen LogP contribution < -0.4 is 9.64 Å². The van der Waals surface area contributed by atoms with Gasteiger partial charge >= 0.3 is 5.97 Å². The number of anilines is 1. The van der Waals surface area contributed by atoms with Crippen molar-refractivity contribution in [2.24, 2.45) is 0 Å². The molecule has 0 aliphatic carbocycles. The predicted octanol–water partition coefficient (Wildman–Crippen LogP) is 2.63. The molecule has 2 rings (SSSR count).